The van der Waals surface area contributed by atoms with E-state index in [0.717, 1.165) is 116 Å². The van der Waals surface area contributed by atoms with Gasteiger partial charge < -0.3 is 89.9 Å². The highest BCUT2D eigenvalue weighted by atomic mass is 16.8. The second kappa shape index (κ2) is 39.6. The number of amides is 1. The lowest BCUT2D eigenvalue weighted by Crippen LogP contribution is -2.66. The van der Waals surface area contributed by atoms with Crippen molar-refractivity contribution in [3.63, 3.8) is 0 Å². The van der Waals surface area contributed by atoms with E-state index < -0.39 is 124 Å². The second-order valence-electron chi connectivity index (χ2n) is 19.7. The van der Waals surface area contributed by atoms with E-state index in [1.807, 2.05) is 6.08 Å². The fraction of sp³-hybridized carbons (Fsp3) is 0.768. The number of aliphatic hydroxyl groups is 11. The molecule has 432 valence electrons. The summed E-state index contributed by atoms with van der Waals surface area (Å²) >= 11 is 0. The van der Waals surface area contributed by atoms with Gasteiger partial charge in [0.2, 0.25) is 5.91 Å². The molecule has 3 heterocycles. The van der Waals surface area contributed by atoms with Crippen molar-refractivity contribution in [2.45, 2.75) is 247 Å². The molecular formula is C56H95NO18. The van der Waals surface area contributed by atoms with Crippen molar-refractivity contribution in [1.29, 1.82) is 0 Å². The predicted molar refractivity (Wildman–Crippen MR) is 281 cm³/mol. The van der Waals surface area contributed by atoms with Gasteiger partial charge >= 0.3 is 0 Å². The lowest BCUT2D eigenvalue weighted by molar-refractivity contribution is -0.379. The highest BCUT2D eigenvalue weighted by Gasteiger charge is 2.53. The molecule has 0 radical (unpaired) electrons. The first-order valence-corrected chi connectivity index (χ1v) is 27.7. The fourth-order valence-corrected chi connectivity index (χ4v) is 8.92. The zero-order valence-corrected chi connectivity index (χ0v) is 44.5. The molecule has 3 aliphatic rings. The van der Waals surface area contributed by atoms with Crippen LogP contribution in [0.15, 0.2) is 72.9 Å². The third-order valence-corrected chi connectivity index (χ3v) is 13.5. The minimum atomic E-state index is -1.98. The highest BCUT2D eigenvalue weighted by Crippen LogP contribution is 2.33. The molecule has 12 N–H and O–H groups in total. The maximum absolute atomic E-state index is 13.2. The molecule has 0 saturated carbocycles. The van der Waals surface area contributed by atoms with Gasteiger partial charge in [0.15, 0.2) is 18.9 Å². The Morgan fingerprint density at radius 2 is 0.920 bits per heavy atom. The number of carbonyl (C=O) groups is 1. The van der Waals surface area contributed by atoms with Crippen LogP contribution in [0.1, 0.15) is 142 Å². The van der Waals surface area contributed by atoms with Crippen molar-refractivity contribution in [1.82, 2.24) is 5.32 Å². The van der Waals surface area contributed by atoms with E-state index in [1.54, 1.807) is 6.08 Å². The van der Waals surface area contributed by atoms with Crippen LogP contribution in [-0.4, -0.2) is 193 Å². The number of aliphatic hydroxyl groups excluding tert-OH is 11. The summed E-state index contributed by atoms with van der Waals surface area (Å²) in [6, 6.07) is -0.980. The highest BCUT2D eigenvalue weighted by molar-refractivity contribution is 5.76. The van der Waals surface area contributed by atoms with E-state index in [9.17, 15) is 61.0 Å². The Hall–Kier alpha value is -2.77. The molecule has 3 fully saturated rings. The van der Waals surface area contributed by atoms with Gasteiger partial charge in [0, 0.05) is 6.42 Å². The summed E-state index contributed by atoms with van der Waals surface area (Å²) < 4.78 is 34.1. The van der Waals surface area contributed by atoms with Gasteiger partial charge in [-0.25, -0.2) is 0 Å². The van der Waals surface area contributed by atoms with Gasteiger partial charge in [-0.1, -0.05) is 145 Å². The van der Waals surface area contributed by atoms with Crippen LogP contribution < -0.4 is 5.32 Å². The largest absolute Gasteiger partial charge is 0.394 e. The molecule has 0 spiro atoms. The first-order chi connectivity index (χ1) is 36.3. The number of unbranched alkanes of at least 4 members (excludes halogenated alkanes) is 12. The Labute approximate surface area is 445 Å². The number of ether oxygens (including phenoxy) is 6. The first kappa shape index (κ1) is 66.5. The topological polar surface area (TPSA) is 307 Å². The van der Waals surface area contributed by atoms with Crippen molar-refractivity contribution in [3.05, 3.63) is 72.9 Å². The van der Waals surface area contributed by atoms with Crippen molar-refractivity contribution in [2.75, 3.05) is 26.4 Å². The summed E-state index contributed by atoms with van der Waals surface area (Å²) in [4.78, 5) is 13.2. The molecule has 17 unspecified atom stereocenters. The predicted octanol–water partition coefficient (Wildman–Crippen LogP) is 3.48. The number of carbonyl (C=O) groups excluding carboxylic acids is 1. The van der Waals surface area contributed by atoms with Crippen LogP contribution in [0.5, 0.6) is 0 Å². The van der Waals surface area contributed by atoms with Crippen LogP contribution in [0.4, 0.5) is 0 Å². The molecule has 3 aliphatic heterocycles. The number of nitrogens with one attached hydrogen (secondary N) is 1. The normalized spacial score (nSPS) is 31.8. The Kier molecular flexibility index (Phi) is 35.1. The summed E-state index contributed by atoms with van der Waals surface area (Å²) in [5, 5.41) is 119. The first-order valence-electron chi connectivity index (χ1n) is 27.7. The van der Waals surface area contributed by atoms with Gasteiger partial charge in [0.1, 0.15) is 73.2 Å². The molecule has 75 heavy (non-hydrogen) atoms. The van der Waals surface area contributed by atoms with E-state index in [2.05, 4.69) is 79.9 Å². The van der Waals surface area contributed by atoms with Crippen LogP contribution in [0.3, 0.4) is 0 Å². The fourth-order valence-electron chi connectivity index (χ4n) is 8.92. The zero-order valence-electron chi connectivity index (χ0n) is 44.5. The number of allylic oxidation sites excluding steroid dienone is 11. The Balaban J connectivity index is 1.46. The molecule has 0 aromatic heterocycles. The smallest absolute Gasteiger partial charge is 0.220 e. The van der Waals surface area contributed by atoms with Gasteiger partial charge in [0.05, 0.1) is 38.6 Å². The van der Waals surface area contributed by atoms with Crippen LogP contribution >= 0.6 is 0 Å². The maximum Gasteiger partial charge on any atom is 0.220 e. The van der Waals surface area contributed by atoms with Crippen molar-refractivity contribution >= 4 is 5.91 Å². The molecule has 0 aliphatic carbocycles. The average molecular weight is 1070 g/mol. The van der Waals surface area contributed by atoms with Crippen molar-refractivity contribution in [3.8, 4) is 0 Å². The van der Waals surface area contributed by atoms with Crippen LogP contribution in [0.2, 0.25) is 0 Å². The molecule has 0 aromatic rings. The van der Waals surface area contributed by atoms with E-state index in [4.69, 9.17) is 28.4 Å². The summed E-state index contributed by atoms with van der Waals surface area (Å²) in [6.07, 6.45) is 17.9. The number of hydrogen-bond acceptors (Lipinski definition) is 18. The summed E-state index contributed by atoms with van der Waals surface area (Å²) in [5.74, 6) is -0.297. The van der Waals surface area contributed by atoms with Gasteiger partial charge in [0.25, 0.3) is 0 Å². The third kappa shape index (κ3) is 24.4. The van der Waals surface area contributed by atoms with Crippen LogP contribution in [0.25, 0.3) is 0 Å². The molecule has 0 aromatic carbocycles. The number of hydrogen-bond donors (Lipinski definition) is 12. The monoisotopic (exact) mass is 1070 g/mol. The third-order valence-electron chi connectivity index (χ3n) is 13.5. The van der Waals surface area contributed by atoms with Gasteiger partial charge in [-0.15, -0.1) is 0 Å². The molecule has 0 bridgehead atoms. The zero-order chi connectivity index (χ0) is 54.8. The SMILES string of the molecule is CC/C=C\C/C=C\C/C=C\C/C=C\C/C=C\CCCCCCCCCC(=O)NC(COC1OC(CO)C(OC2OC(CO)C(OC3OC(CO)C(O)C(O)C3O)C(O)C2O)C(O)C1O)C(O)/C=C/CCCCCCC. The lowest BCUT2D eigenvalue weighted by Gasteiger charge is -2.48. The molecule has 3 saturated heterocycles. The quantitative estimate of drug-likeness (QED) is 0.0311. The number of rotatable bonds is 38. The van der Waals surface area contributed by atoms with E-state index in [-0.39, 0.29) is 18.9 Å². The van der Waals surface area contributed by atoms with Gasteiger partial charge in [-0.3, -0.25) is 4.79 Å². The lowest BCUT2D eigenvalue weighted by atomic mass is 9.96. The van der Waals surface area contributed by atoms with E-state index >= 15 is 0 Å². The average Bonchev–Trinajstić information content (AvgIpc) is 3.41. The van der Waals surface area contributed by atoms with Crippen LogP contribution in [0, 0.1) is 0 Å². The Morgan fingerprint density at radius 3 is 1.44 bits per heavy atom. The van der Waals surface area contributed by atoms with Gasteiger partial charge in [-0.2, -0.15) is 0 Å². The Morgan fingerprint density at radius 1 is 0.493 bits per heavy atom. The van der Waals surface area contributed by atoms with Crippen LogP contribution in [-0.2, 0) is 33.2 Å². The maximum atomic E-state index is 13.2. The molecule has 1 amide bonds. The summed E-state index contributed by atoms with van der Waals surface area (Å²) in [7, 11) is 0. The van der Waals surface area contributed by atoms with E-state index in [1.165, 1.54) is 0 Å². The van der Waals surface area contributed by atoms with E-state index in [0.29, 0.717) is 6.42 Å². The molecule has 3 rings (SSSR count). The standard InChI is InChI=1S/C56H95NO18/c1-3-5-7-9-11-12-13-14-15-16-17-18-19-20-21-22-23-24-25-26-28-30-32-34-44(62)57-39(40(61)33-31-29-27-10-8-6-4-2)38-70-54-50(68)47(65)52(42(36-59)72-54)75-56-51(69)48(66)53(43(37-60)73-56)74-55-49(67)46(64)45(63)41(35-58)71-55/h5,7,11-12,14-15,17-18,20-21,31,33,39-43,45-56,58-61,63-69H,3-4,6,8-10,13,16,19,22-30,32,34-38H2,1-2H3,(H,57,62)/b7-5-,12-11-,15-14-,18-17-,21-20-,33-31+. The molecule has 17 atom stereocenters. The van der Waals surface area contributed by atoms with Crippen molar-refractivity contribution in [2.24, 2.45) is 0 Å². The summed E-state index contributed by atoms with van der Waals surface area (Å²) in [6.45, 7) is 1.49. The minimum Gasteiger partial charge on any atom is -0.394 e. The van der Waals surface area contributed by atoms with Gasteiger partial charge in [-0.05, 0) is 64.2 Å². The Bertz CT molecular complexity index is 1660. The molecular weight excluding hydrogens is 975 g/mol. The van der Waals surface area contributed by atoms with Crippen molar-refractivity contribution < 1.29 is 89.4 Å². The molecule has 19 nitrogen and oxygen atoms in total. The summed E-state index contributed by atoms with van der Waals surface area (Å²) in [5.41, 5.74) is 0. The minimum absolute atomic E-state index is 0.225. The molecule has 19 heteroatoms. The second-order valence-corrected chi connectivity index (χ2v) is 19.7.